The summed E-state index contributed by atoms with van der Waals surface area (Å²) < 4.78 is 10.8. The molecule has 1 saturated heterocycles. The van der Waals surface area contributed by atoms with Crippen LogP contribution in [0.15, 0.2) is 24.3 Å². The molecule has 1 aliphatic heterocycles. The van der Waals surface area contributed by atoms with Crippen LogP contribution in [0.25, 0.3) is 0 Å². The van der Waals surface area contributed by atoms with Crippen LogP contribution >= 0.6 is 0 Å². The number of nitrogens with zero attached hydrogens (tertiary/aromatic N) is 1. The molecule has 1 aliphatic rings. The van der Waals surface area contributed by atoms with E-state index in [-0.39, 0.29) is 6.10 Å². The molecule has 0 spiro atoms. The molecular formula is C15H24N2O3. The fourth-order valence-corrected chi connectivity index (χ4v) is 2.32. The summed E-state index contributed by atoms with van der Waals surface area (Å²) in [5.74, 6) is 0.799. The molecule has 2 atom stereocenters. The summed E-state index contributed by atoms with van der Waals surface area (Å²) in [6.45, 7) is 3.99. The Kier molecular flexibility index (Phi) is 5.79. The smallest absolute Gasteiger partial charge is 0.118 e. The van der Waals surface area contributed by atoms with Crippen molar-refractivity contribution >= 4 is 0 Å². The quantitative estimate of drug-likeness (QED) is 0.801. The van der Waals surface area contributed by atoms with E-state index in [0.29, 0.717) is 6.54 Å². The van der Waals surface area contributed by atoms with Crippen LogP contribution in [-0.4, -0.2) is 63.1 Å². The molecule has 0 bridgehead atoms. The van der Waals surface area contributed by atoms with Crippen LogP contribution in [0.4, 0.5) is 0 Å². The molecular weight excluding hydrogens is 256 g/mol. The molecule has 2 rings (SSSR count). The Morgan fingerprint density at radius 2 is 2.20 bits per heavy atom. The maximum atomic E-state index is 10.1. The summed E-state index contributed by atoms with van der Waals surface area (Å²) in [5, 5.41) is 13.4. The summed E-state index contributed by atoms with van der Waals surface area (Å²) in [6, 6.07) is 7.49. The van der Waals surface area contributed by atoms with Crippen molar-refractivity contribution in [3.8, 4) is 5.75 Å². The number of nitrogens with one attached hydrogen (secondary N) is 1. The van der Waals surface area contributed by atoms with E-state index in [1.165, 1.54) is 0 Å². The third-order valence-corrected chi connectivity index (χ3v) is 3.55. The highest BCUT2D eigenvalue weighted by molar-refractivity contribution is 5.28. The largest absolute Gasteiger partial charge is 0.497 e. The van der Waals surface area contributed by atoms with Gasteiger partial charge in [0.05, 0.1) is 25.9 Å². The van der Waals surface area contributed by atoms with Gasteiger partial charge in [-0.25, -0.2) is 0 Å². The first-order chi connectivity index (χ1) is 9.69. The minimum absolute atomic E-state index is 0.205. The standard InChI is InChI=1S/C15H24N2O3/c1-17-7-8-20-14(11-17)9-16-10-15(18)12-3-5-13(19-2)6-4-12/h3-6,14-16,18H,7-11H2,1-2H3. The molecule has 1 fully saturated rings. The lowest BCUT2D eigenvalue weighted by molar-refractivity contribution is -0.0191. The number of benzene rings is 1. The second kappa shape index (κ2) is 7.59. The van der Waals surface area contributed by atoms with Crippen molar-refractivity contribution in [1.82, 2.24) is 10.2 Å². The maximum absolute atomic E-state index is 10.1. The van der Waals surface area contributed by atoms with Gasteiger partial charge < -0.3 is 24.8 Å². The summed E-state index contributed by atoms with van der Waals surface area (Å²) in [4.78, 5) is 2.26. The summed E-state index contributed by atoms with van der Waals surface area (Å²) in [6.07, 6.45) is -0.306. The van der Waals surface area contributed by atoms with Gasteiger partial charge in [0, 0.05) is 26.2 Å². The minimum Gasteiger partial charge on any atom is -0.497 e. The highest BCUT2D eigenvalue weighted by atomic mass is 16.5. The number of morpholine rings is 1. The van der Waals surface area contributed by atoms with E-state index < -0.39 is 6.10 Å². The fourth-order valence-electron chi connectivity index (χ4n) is 2.32. The Labute approximate surface area is 120 Å². The van der Waals surface area contributed by atoms with Crippen LogP contribution in [-0.2, 0) is 4.74 Å². The number of aliphatic hydroxyl groups is 1. The predicted molar refractivity (Wildman–Crippen MR) is 78.1 cm³/mol. The second-order valence-corrected chi connectivity index (χ2v) is 5.20. The normalized spacial score (nSPS) is 21.6. The van der Waals surface area contributed by atoms with Crippen LogP contribution in [0, 0.1) is 0 Å². The second-order valence-electron chi connectivity index (χ2n) is 5.20. The average molecular weight is 280 g/mol. The van der Waals surface area contributed by atoms with Gasteiger partial charge >= 0.3 is 0 Å². The van der Waals surface area contributed by atoms with Crippen molar-refractivity contribution in [3.05, 3.63) is 29.8 Å². The highest BCUT2D eigenvalue weighted by Gasteiger charge is 2.17. The first-order valence-electron chi connectivity index (χ1n) is 7.02. The van der Waals surface area contributed by atoms with E-state index in [4.69, 9.17) is 9.47 Å². The minimum atomic E-state index is -0.512. The van der Waals surface area contributed by atoms with Crippen molar-refractivity contribution in [1.29, 1.82) is 0 Å². The highest BCUT2D eigenvalue weighted by Crippen LogP contribution is 2.17. The Morgan fingerprint density at radius 1 is 1.45 bits per heavy atom. The fraction of sp³-hybridized carbons (Fsp3) is 0.600. The first kappa shape index (κ1) is 15.3. The lowest BCUT2D eigenvalue weighted by Gasteiger charge is -2.30. The molecule has 0 aromatic heterocycles. The van der Waals surface area contributed by atoms with Gasteiger partial charge in [-0.15, -0.1) is 0 Å². The van der Waals surface area contributed by atoms with Crippen molar-refractivity contribution in [2.45, 2.75) is 12.2 Å². The predicted octanol–water partition coefficient (Wildman–Crippen LogP) is 0.649. The van der Waals surface area contributed by atoms with E-state index in [9.17, 15) is 5.11 Å². The Balaban J connectivity index is 1.72. The Hall–Kier alpha value is -1.14. The number of hydrogen-bond donors (Lipinski definition) is 2. The monoisotopic (exact) mass is 280 g/mol. The van der Waals surface area contributed by atoms with Gasteiger partial charge in [0.2, 0.25) is 0 Å². The van der Waals surface area contributed by atoms with Crippen molar-refractivity contribution < 1.29 is 14.6 Å². The molecule has 112 valence electrons. The zero-order valence-corrected chi connectivity index (χ0v) is 12.2. The van der Waals surface area contributed by atoms with Crippen molar-refractivity contribution in [3.63, 3.8) is 0 Å². The number of hydrogen-bond acceptors (Lipinski definition) is 5. The molecule has 2 N–H and O–H groups in total. The molecule has 20 heavy (non-hydrogen) atoms. The molecule has 1 heterocycles. The van der Waals surface area contributed by atoms with E-state index in [2.05, 4.69) is 17.3 Å². The van der Waals surface area contributed by atoms with Gasteiger partial charge in [0.25, 0.3) is 0 Å². The van der Waals surface area contributed by atoms with Crippen molar-refractivity contribution in [2.24, 2.45) is 0 Å². The lowest BCUT2D eigenvalue weighted by Crippen LogP contribution is -2.45. The third kappa shape index (κ3) is 4.45. The number of ether oxygens (including phenoxy) is 2. The van der Waals surface area contributed by atoms with Crippen molar-refractivity contribution in [2.75, 3.05) is 46.9 Å². The molecule has 1 aromatic rings. The molecule has 0 radical (unpaired) electrons. The van der Waals surface area contributed by atoms with E-state index in [0.717, 1.165) is 37.6 Å². The number of aliphatic hydroxyl groups excluding tert-OH is 1. The van der Waals surface area contributed by atoms with Crippen LogP contribution < -0.4 is 10.1 Å². The Bertz CT molecular complexity index is 397. The topological polar surface area (TPSA) is 54.0 Å². The molecule has 5 heteroatoms. The molecule has 1 aromatic carbocycles. The summed E-state index contributed by atoms with van der Waals surface area (Å²) in [5.41, 5.74) is 0.889. The number of methoxy groups -OCH3 is 1. The van der Waals surface area contributed by atoms with Gasteiger partial charge in [-0.05, 0) is 24.7 Å². The van der Waals surface area contributed by atoms with Crippen LogP contribution in [0.3, 0.4) is 0 Å². The summed E-state index contributed by atoms with van der Waals surface area (Å²) >= 11 is 0. The van der Waals surface area contributed by atoms with Crippen LogP contribution in [0.1, 0.15) is 11.7 Å². The zero-order chi connectivity index (χ0) is 14.4. The van der Waals surface area contributed by atoms with E-state index >= 15 is 0 Å². The molecule has 0 saturated carbocycles. The third-order valence-electron chi connectivity index (χ3n) is 3.55. The summed E-state index contributed by atoms with van der Waals surface area (Å²) in [7, 11) is 3.73. The maximum Gasteiger partial charge on any atom is 0.118 e. The van der Waals surface area contributed by atoms with Gasteiger partial charge in [-0.1, -0.05) is 12.1 Å². The molecule has 0 aliphatic carbocycles. The SMILES string of the molecule is COc1ccc(C(O)CNCC2CN(C)CCO2)cc1. The molecule has 5 nitrogen and oxygen atoms in total. The van der Waals surface area contributed by atoms with Gasteiger partial charge in [0.15, 0.2) is 0 Å². The van der Waals surface area contributed by atoms with Gasteiger partial charge in [-0.2, -0.15) is 0 Å². The zero-order valence-electron chi connectivity index (χ0n) is 12.2. The van der Waals surface area contributed by atoms with E-state index in [1.807, 2.05) is 24.3 Å². The molecule has 0 amide bonds. The average Bonchev–Trinajstić information content (AvgIpc) is 2.47. The Morgan fingerprint density at radius 3 is 2.85 bits per heavy atom. The van der Waals surface area contributed by atoms with Gasteiger partial charge in [-0.3, -0.25) is 0 Å². The van der Waals surface area contributed by atoms with Crippen LogP contribution in [0.5, 0.6) is 5.75 Å². The number of rotatable bonds is 6. The first-order valence-corrected chi connectivity index (χ1v) is 7.02. The molecule has 2 unspecified atom stereocenters. The van der Waals surface area contributed by atoms with Crippen LogP contribution in [0.2, 0.25) is 0 Å². The van der Waals surface area contributed by atoms with E-state index in [1.54, 1.807) is 7.11 Å². The van der Waals surface area contributed by atoms with Gasteiger partial charge in [0.1, 0.15) is 5.75 Å². The lowest BCUT2D eigenvalue weighted by atomic mass is 10.1. The number of likely N-dealkylation sites (N-methyl/N-ethyl adjacent to an activating group) is 1.